The maximum Gasteiger partial charge on any atom is 0.411 e. The lowest BCUT2D eigenvalue weighted by Crippen LogP contribution is -2.19. The van der Waals surface area contributed by atoms with Crippen molar-refractivity contribution in [3.8, 4) is 5.75 Å². The van der Waals surface area contributed by atoms with Crippen LogP contribution in [0.1, 0.15) is 10.4 Å². The highest BCUT2D eigenvalue weighted by molar-refractivity contribution is 5.95. The second-order valence-corrected chi connectivity index (χ2v) is 3.47. The lowest BCUT2D eigenvalue weighted by Gasteiger charge is -2.10. The van der Waals surface area contributed by atoms with E-state index in [0.717, 1.165) is 0 Å². The number of nitrogens with two attached hydrogens (primary N) is 1. The summed E-state index contributed by atoms with van der Waals surface area (Å²) in [5.41, 5.74) is 5.66. The molecule has 0 aliphatic heterocycles. The fraction of sp³-hybridized carbons (Fsp3) is 0.364. The van der Waals surface area contributed by atoms with Crippen LogP contribution in [0, 0.1) is 0 Å². The van der Waals surface area contributed by atoms with Crippen molar-refractivity contribution in [1.29, 1.82) is 0 Å². The Bertz CT molecular complexity index is 448. The van der Waals surface area contributed by atoms with Gasteiger partial charge < -0.3 is 19.9 Å². The van der Waals surface area contributed by atoms with Crippen LogP contribution in [-0.4, -0.2) is 32.7 Å². The third-order valence-electron chi connectivity index (χ3n) is 2.02. The van der Waals surface area contributed by atoms with Gasteiger partial charge in [0, 0.05) is 5.69 Å². The van der Waals surface area contributed by atoms with Crippen LogP contribution >= 0.6 is 0 Å². The van der Waals surface area contributed by atoms with Gasteiger partial charge in [0.1, 0.15) is 12.4 Å². The molecule has 8 heteroatoms. The van der Waals surface area contributed by atoms with Gasteiger partial charge in [0.25, 0.3) is 0 Å². The molecule has 0 aliphatic rings. The number of anilines is 1. The average molecular weight is 279 g/mol. The summed E-state index contributed by atoms with van der Waals surface area (Å²) >= 11 is 0. The molecule has 1 aromatic carbocycles. The van der Waals surface area contributed by atoms with Crippen molar-refractivity contribution >= 4 is 11.7 Å². The van der Waals surface area contributed by atoms with Gasteiger partial charge in [-0.25, -0.2) is 4.79 Å². The Balaban J connectivity index is 2.54. The van der Waals surface area contributed by atoms with Gasteiger partial charge >= 0.3 is 12.1 Å². The van der Waals surface area contributed by atoms with E-state index in [1.807, 2.05) is 0 Å². The highest BCUT2D eigenvalue weighted by Crippen LogP contribution is 2.20. The molecule has 0 fully saturated rings. The van der Waals surface area contributed by atoms with Gasteiger partial charge in [-0.05, 0) is 18.2 Å². The van der Waals surface area contributed by atoms with Gasteiger partial charge in [-0.1, -0.05) is 0 Å². The standard InChI is InChI=1S/C11H12F3NO4/c1-17-7-2-3-9(15)8(4-7)10(16)19-6-18-5-11(12,13)14/h2-4H,5-6,15H2,1H3. The Morgan fingerprint density at radius 2 is 2.05 bits per heavy atom. The van der Waals surface area contributed by atoms with E-state index in [2.05, 4.69) is 9.47 Å². The van der Waals surface area contributed by atoms with Gasteiger partial charge in [-0.3, -0.25) is 0 Å². The van der Waals surface area contributed by atoms with Gasteiger partial charge in [0.05, 0.1) is 12.7 Å². The Morgan fingerprint density at radius 1 is 1.37 bits per heavy atom. The molecule has 0 aromatic heterocycles. The van der Waals surface area contributed by atoms with Crippen molar-refractivity contribution in [2.75, 3.05) is 26.2 Å². The van der Waals surface area contributed by atoms with Crippen LogP contribution in [0.5, 0.6) is 5.75 Å². The predicted molar refractivity (Wildman–Crippen MR) is 59.7 cm³/mol. The Labute approximate surface area is 107 Å². The monoisotopic (exact) mass is 279 g/mol. The molecule has 0 saturated heterocycles. The molecule has 0 unspecified atom stereocenters. The van der Waals surface area contributed by atoms with Gasteiger partial charge in [-0.2, -0.15) is 13.2 Å². The minimum Gasteiger partial charge on any atom is -0.497 e. The SMILES string of the molecule is COc1ccc(N)c(C(=O)OCOCC(F)(F)F)c1. The van der Waals surface area contributed by atoms with Gasteiger partial charge in [0.15, 0.2) is 6.79 Å². The number of methoxy groups -OCH3 is 1. The van der Waals surface area contributed by atoms with Crippen LogP contribution in [0.15, 0.2) is 18.2 Å². The smallest absolute Gasteiger partial charge is 0.411 e. The number of halogens is 3. The fourth-order valence-corrected chi connectivity index (χ4v) is 1.17. The Kier molecular flexibility index (Phi) is 4.99. The number of nitrogen functional groups attached to an aromatic ring is 1. The van der Waals surface area contributed by atoms with Crippen molar-refractivity contribution in [2.24, 2.45) is 0 Å². The number of carbonyl (C=O) groups is 1. The minimum absolute atomic E-state index is 0.00467. The van der Waals surface area contributed by atoms with E-state index >= 15 is 0 Å². The molecule has 2 N–H and O–H groups in total. The number of carbonyl (C=O) groups excluding carboxylic acids is 1. The topological polar surface area (TPSA) is 70.8 Å². The first-order valence-corrected chi connectivity index (χ1v) is 5.08. The van der Waals surface area contributed by atoms with E-state index < -0.39 is 25.5 Å². The quantitative estimate of drug-likeness (QED) is 0.386. The zero-order chi connectivity index (χ0) is 14.5. The second kappa shape index (κ2) is 6.28. The largest absolute Gasteiger partial charge is 0.497 e. The molecular formula is C11H12F3NO4. The summed E-state index contributed by atoms with van der Waals surface area (Å²) < 4.78 is 48.8. The molecular weight excluding hydrogens is 267 g/mol. The van der Waals surface area contributed by atoms with Crippen molar-refractivity contribution in [3.05, 3.63) is 23.8 Å². The number of alkyl halides is 3. The summed E-state index contributed by atoms with van der Waals surface area (Å²) in [5, 5.41) is 0. The van der Waals surface area contributed by atoms with Crippen molar-refractivity contribution in [3.63, 3.8) is 0 Å². The van der Waals surface area contributed by atoms with E-state index in [1.54, 1.807) is 0 Å². The third kappa shape index (κ3) is 5.04. The van der Waals surface area contributed by atoms with Gasteiger partial charge in [-0.15, -0.1) is 0 Å². The van der Waals surface area contributed by atoms with Crippen LogP contribution < -0.4 is 10.5 Å². The van der Waals surface area contributed by atoms with Crippen LogP contribution in [0.3, 0.4) is 0 Å². The van der Waals surface area contributed by atoms with E-state index in [0.29, 0.717) is 5.75 Å². The summed E-state index contributed by atoms with van der Waals surface area (Å²) in [7, 11) is 1.40. The number of hydrogen-bond acceptors (Lipinski definition) is 5. The maximum absolute atomic E-state index is 11.8. The van der Waals surface area contributed by atoms with E-state index in [1.165, 1.54) is 25.3 Å². The zero-order valence-electron chi connectivity index (χ0n) is 9.99. The molecule has 19 heavy (non-hydrogen) atoms. The lowest BCUT2D eigenvalue weighted by molar-refractivity contribution is -0.190. The first-order valence-electron chi connectivity index (χ1n) is 5.08. The van der Waals surface area contributed by atoms with E-state index in [-0.39, 0.29) is 11.3 Å². The second-order valence-electron chi connectivity index (χ2n) is 3.47. The first-order chi connectivity index (χ1) is 8.83. The van der Waals surface area contributed by atoms with E-state index in [9.17, 15) is 18.0 Å². The highest BCUT2D eigenvalue weighted by Gasteiger charge is 2.27. The fourth-order valence-electron chi connectivity index (χ4n) is 1.17. The number of benzene rings is 1. The maximum atomic E-state index is 11.8. The number of hydrogen-bond donors (Lipinski definition) is 1. The van der Waals surface area contributed by atoms with Crippen LogP contribution in [-0.2, 0) is 9.47 Å². The predicted octanol–water partition coefficient (Wildman–Crippen LogP) is 1.97. The summed E-state index contributed by atoms with van der Waals surface area (Å²) in [6.07, 6.45) is -4.47. The molecule has 106 valence electrons. The molecule has 1 aromatic rings. The number of ether oxygens (including phenoxy) is 3. The Hall–Kier alpha value is -1.96. The Morgan fingerprint density at radius 3 is 2.63 bits per heavy atom. The normalized spacial score (nSPS) is 11.2. The summed E-state index contributed by atoms with van der Waals surface area (Å²) in [4.78, 5) is 11.5. The molecule has 0 radical (unpaired) electrons. The van der Waals surface area contributed by atoms with Crippen molar-refractivity contribution < 1.29 is 32.2 Å². The molecule has 0 spiro atoms. The number of esters is 1. The lowest BCUT2D eigenvalue weighted by atomic mass is 10.2. The molecule has 0 aliphatic carbocycles. The summed E-state index contributed by atoms with van der Waals surface area (Å²) in [6, 6.07) is 4.28. The summed E-state index contributed by atoms with van der Waals surface area (Å²) in [6.45, 7) is -2.30. The number of rotatable bonds is 5. The molecule has 0 heterocycles. The molecule has 0 atom stereocenters. The average Bonchev–Trinajstić information content (AvgIpc) is 2.34. The molecule has 1 rings (SSSR count). The molecule has 0 saturated carbocycles. The minimum atomic E-state index is -4.47. The van der Waals surface area contributed by atoms with E-state index in [4.69, 9.17) is 10.5 Å². The van der Waals surface area contributed by atoms with Crippen LogP contribution in [0.2, 0.25) is 0 Å². The van der Waals surface area contributed by atoms with Crippen LogP contribution in [0.25, 0.3) is 0 Å². The third-order valence-corrected chi connectivity index (χ3v) is 2.02. The van der Waals surface area contributed by atoms with Crippen LogP contribution in [0.4, 0.5) is 18.9 Å². The molecule has 5 nitrogen and oxygen atoms in total. The summed E-state index contributed by atoms with van der Waals surface area (Å²) in [5.74, 6) is -0.518. The van der Waals surface area contributed by atoms with Crippen molar-refractivity contribution in [2.45, 2.75) is 6.18 Å². The molecule has 0 amide bonds. The zero-order valence-corrected chi connectivity index (χ0v) is 9.99. The van der Waals surface area contributed by atoms with Crippen molar-refractivity contribution in [1.82, 2.24) is 0 Å². The molecule has 0 bridgehead atoms. The van der Waals surface area contributed by atoms with Gasteiger partial charge in [0.2, 0.25) is 0 Å². The first kappa shape index (κ1) is 15.1. The highest BCUT2D eigenvalue weighted by atomic mass is 19.4.